The number of carboxylic acid groups (broad SMARTS) is 2. The minimum Gasteiger partial charge on any atom is -0.478 e. The van der Waals surface area contributed by atoms with E-state index in [1.165, 1.54) is 12.1 Å². The number of hydrogen-bond acceptors (Lipinski definition) is 3. The van der Waals surface area contributed by atoms with Gasteiger partial charge < -0.3 is 14.9 Å². The molecule has 2 rings (SSSR count). The van der Waals surface area contributed by atoms with Crippen LogP contribution in [-0.2, 0) is 6.18 Å². The highest BCUT2D eigenvalue weighted by Crippen LogP contribution is 2.37. The summed E-state index contributed by atoms with van der Waals surface area (Å²) in [5, 5.41) is 17.9. The average Bonchev–Trinajstić information content (AvgIpc) is 2.46. The van der Waals surface area contributed by atoms with Crippen LogP contribution in [0.15, 0.2) is 42.5 Å². The lowest BCUT2D eigenvalue weighted by Gasteiger charge is -2.15. The molecule has 0 spiro atoms. The fourth-order valence-corrected chi connectivity index (χ4v) is 1.92. The van der Waals surface area contributed by atoms with Crippen molar-refractivity contribution < 1.29 is 37.7 Å². The Bertz CT molecular complexity index is 754. The number of ether oxygens (including phenoxy) is 1. The maximum absolute atomic E-state index is 13.1. The van der Waals surface area contributed by atoms with E-state index >= 15 is 0 Å². The highest BCUT2D eigenvalue weighted by Gasteiger charge is 2.38. The summed E-state index contributed by atoms with van der Waals surface area (Å²) in [5.41, 5.74) is -3.92. The van der Waals surface area contributed by atoms with Crippen LogP contribution in [0.1, 0.15) is 26.3 Å². The van der Waals surface area contributed by atoms with E-state index in [2.05, 4.69) is 0 Å². The number of halogens is 3. The third kappa shape index (κ3) is 3.60. The Hall–Kier alpha value is -3.03. The third-order valence-corrected chi connectivity index (χ3v) is 2.84. The molecule has 0 aliphatic carbocycles. The Balaban J connectivity index is 2.64. The molecule has 2 N–H and O–H groups in total. The first-order valence-electron chi connectivity index (χ1n) is 6.15. The van der Waals surface area contributed by atoms with Crippen LogP contribution in [0.4, 0.5) is 13.2 Å². The molecule has 0 saturated heterocycles. The number of para-hydroxylation sites is 1. The van der Waals surface area contributed by atoms with E-state index in [9.17, 15) is 22.8 Å². The minimum atomic E-state index is -5.05. The molecule has 0 amide bonds. The average molecular weight is 326 g/mol. The van der Waals surface area contributed by atoms with E-state index in [0.717, 1.165) is 6.07 Å². The van der Waals surface area contributed by atoms with Crippen LogP contribution in [0.25, 0.3) is 0 Å². The fourth-order valence-electron chi connectivity index (χ4n) is 1.92. The van der Waals surface area contributed by atoms with Crippen molar-refractivity contribution in [1.29, 1.82) is 0 Å². The maximum atomic E-state index is 13.1. The molecule has 2 aromatic carbocycles. The van der Waals surface area contributed by atoms with Crippen molar-refractivity contribution in [3.05, 3.63) is 59.2 Å². The SMILES string of the molecule is O=C(O)c1cc(Oc2ccccc2)cc(C(F)(F)F)c1C(=O)O. The summed E-state index contributed by atoms with van der Waals surface area (Å²) < 4.78 is 44.4. The zero-order chi connectivity index (χ0) is 17.2. The van der Waals surface area contributed by atoms with Crippen molar-refractivity contribution >= 4 is 11.9 Å². The summed E-state index contributed by atoms with van der Waals surface area (Å²) in [5.74, 6) is -4.03. The second-order valence-corrected chi connectivity index (χ2v) is 4.42. The van der Waals surface area contributed by atoms with Gasteiger partial charge >= 0.3 is 18.1 Å². The number of rotatable bonds is 4. The Morgan fingerprint density at radius 1 is 0.913 bits per heavy atom. The van der Waals surface area contributed by atoms with Crippen molar-refractivity contribution in [3.8, 4) is 11.5 Å². The number of hydrogen-bond donors (Lipinski definition) is 2. The first-order chi connectivity index (χ1) is 10.7. The molecule has 0 saturated carbocycles. The van der Waals surface area contributed by atoms with Crippen LogP contribution in [0.2, 0.25) is 0 Å². The number of benzene rings is 2. The first kappa shape index (κ1) is 16.3. The molecule has 0 aromatic heterocycles. The van der Waals surface area contributed by atoms with Crippen LogP contribution < -0.4 is 4.74 Å². The van der Waals surface area contributed by atoms with Crippen molar-refractivity contribution in [3.63, 3.8) is 0 Å². The summed E-state index contributed by atoms with van der Waals surface area (Å²) in [4.78, 5) is 22.2. The van der Waals surface area contributed by atoms with Gasteiger partial charge in [0.25, 0.3) is 0 Å². The molecule has 2 aromatic rings. The number of alkyl halides is 3. The van der Waals surface area contributed by atoms with Gasteiger partial charge in [0.15, 0.2) is 0 Å². The molecular formula is C15H9F3O5. The summed E-state index contributed by atoms with van der Waals surface area (Å²) >= 11 is 0. The highest BCUT2D eigenvalue weighted by atomic mass is 19.4. The van der Waals surface area contributed by atoms with Crippen molar-refractivity contribution in [2.45, 2.75) is 6.18 Å². The largest absolute Gasteiger partial charge is 0.478 e. The van der Waals surface area contributed by atoms with E-state index in [4.69, 9.17) is 14.9 Å². The number of carboxylic acids is 2. The molecule has 120 valence electrons. The molecule has 8 heteroatoms. The van der Waals surface area contributed by atoms with E-state index < -0.39 is 40.6 Å². The van der Waals surface area contributed by atoms with E-state index in [1.54, 1.807) is 18.2 Å². The van der Waals surface area contributed by atoms with Gasteiger partial charge in [0.1, 0.15) is 11.5 Å². The molecule has 23 heavy (non-hydrogen) atoms. The van der Waals surface area contributed by atoms with Crippen molar-refractivity contribution in [2.75, 3.05) is 0 Å². The van der Waals surface area contributed by atoms with E-state index in [-0.39, 0.29) is 5.75 Å². The predicted molar refractivity (Wildman–Crippen MR) is 71.9 cm³/mol. The first-order valence-corrected chi connectivity index (χ1v) is 6.15. The van der Waals surface area contributed by atoms with Gasteiger partial charge in [0, 0.05) is 0 Å². The van der Waals surface area contributed by atoms with Crippen LogP contribution >= 0.6 is 0 Å². The van der Waals surface area contributed by atoms with Gasteiger partial charge in [-0.2, -0.15) is 13.2 Å². The minimum absolute atomic E-state index is 0.181. The molecule has 0 bridgehead atoms. The Kier molecular flexibility index (Phi) is 4.26. The summed E-state index contributed by atoms with van der Waals surface area (Å²) in [6.07, 6.45) is -5.05. The molecule has 5 nitrogen and oxygen atoms in total. The summed E-state index contributed by atoms with van der Waals surface area (Å²) in [6.45, 7) is 0. The summed E-state index contributed by atoms with van der Waals surface area (Å²) in [6, 6.07) is 8.92. The van der Waals surface area contributed by atoms with Gasteiger partial charge in [-0.05, 0) is 24.3 Å². The number of aromatic carboxylic acids is 2. The summed E-state index contributed by atoms with van der Waals surface area (Å²) in [7, 11) is 0. The monoisotopic (exact) mass is 326 g/mol. The Morgan fingerprint density at radius 3 is 2.00 bits per heavy atom. The van der Waals surface area contributed by atoms with Gasteiger partial charge in [0.05, 0.1) is 16.7 Å². The molecule has 0 radical (unpaired) electrons. The molecule has 0 unspecified atom stereocenters. The second-order valence-electron chi connectivity index (χ2n) is 4.42. The topological polar surface area (TPSA) is 83.8 Å². The van der Waals surface area contributed by atoms with Gasteiger partial charge in [-0.15, -0.1) is 0 Å². The standard InChI is InChI=1S/C15H9F3O5/c16-15(17,18)11-7-9(23-8-4-2-1-3-5-8)6-10(13(19)20)12(11)14(21)22/h1-7H,(H,19,20)(H,21,22). The Labute approximate surface area is 127 Å². The predicted octanol–water partition coefficient (Wildman–Crippen LogP) is 3.89. The lowest BCUT2D eigenvalue weighted by molar-refractivity contribution is -0.138. The molecule has 0 aliphatic heterocycles. The highest BCUT2D eigenvalue weighted by molar-refractivity contribution is 6.03. The van der Waals surface area contributed by atoms with Crippen LogP contribution in [0.5, 0.6) is 11.5 Å². The second kappa shape index (κ2) is 5.99. The lowest BCUT2D eigenvalue weighted by Crippen LogP contribution is -2.18. The molecule has 0 heterocycles. The molecule has 0 aliphatic rings. The van der Waals surface area contributed by atoms with Gasteiger partial charge in [-0.1, -0.05) is 18.2 Å². The molecular weight excluding hydrogens is 317 g/mol. The maximum Gasteiger partial charge on any atom is 0.417 e. The van der Waals surface area contributed by atoms with Crippen molar-refractivity contribution in [2.24, 2.45) is 0 Å². The van der Waals surface area contributed by atoms with Crippen LogP contribution in [0.3, 0.4) is 0 Å². The zero-order valence-corrected chi connectivity index (χ0v) is 11.3. The fraction of sp³-hybridized carbons (Fsp3) is 0.0667. The normalized spacial score (nSPS) is 11.1. The molecule has 0 atom stereocenters. The van der Waals surface area contributed by atoms with Gasteiger partial charge in [-0.25, -0.2) is 9.59 Å². The van der Waals surface area contributed by atoms with Crippen LogP contribution in [-0.4, -0.2) is 22.2 Å². The smallest absolute Gasteiger partial charge is 0.417 e. The Morgan fingerprint density at radius 2 is 1.52 bits per heavy atom. The van der Waals surface area contributed by atoms with Gasteiger partial charge in [-0.3, -0.25) is 0 Å². The van der Waals surface area contributed by atoms with E-state index in [0.29, 0.717) is 6.07 Å². The lowest BCUT2D eigenvalue weighted by atomic mass is 10.00. The van der Waals surface area contributed by atoms with Gasteiger partial charge in [0.2, 0.25) is 0 Å². The third-order valence-electron chi connectivity index (χ3n) is 2.84. The number of carbonyl (C=O) groups is 2. The quantitative estimate of drug-likeness (QED) is 0.890. The van der Waals surface area contributed by atoms with Crippen LogP contribution in [0, 0.1) is 0 Å². The van der Waals surface area contributed by atoms with Crippen molar-refractivity contribution in [1.82, 2.24) is 0 Å². The van der Waals surface area contributed by atoms with E-state index in [1.807, 2.05) is 0 Å². The zero-order valence-electron chi connectivity index (χ0n) is 11.3. The molecule has 0 fully saturated rings.